The van der Waals surface area contributed by atoms with Crippen molar-refractivity contribution in [2.45, 2.75) is 38.6 Å². The third kappa shape index (κ3) is 6.59. The molecule has 1 saturated carbocycles. The van der Waals surface area contributed by atoms with Gasteiger partial charge in [-0.15, -0.1) is 6.42 Å². The van der Waals surface area contributed by atoms with E-state index in [4.69, 9.17) is 31.6 Å². The van der Waals surface area contributed by atoms with E-state index in [1.54, 1.807) is 29.1 Å². The number of carbonyl (C=O) groups excluding carboxylic acids is 1. The van der Waals surface area contributed by atoms with E-state index in [9.17, 15) is 19.4 Å². The van der Waals surface area contributed by atoms with Crippen LogP contribution in [0.15, 0.2) is 30.6 Å². The van der Waals surface area contributed by atoms with Crippen molar-refractivity contribution in [3.05, 3.63) is 47.5 Å². The molecule has 2 aliphatic heterocycles. The predicted molar refractivity (Wildman–Crippen MR) is 176 cm³/mol. The Hall–Kier alpha value is -4.55. The van der Waals surface area contributed by atoms with Gasteiger partial charge in [0.2, 0.25) is 17.7 Å². The molecule has 2 aromatic heterocycles. The van der Waals surface area contributed by atoms with Crippen LogP contribution in [-0.4, -0.2) is 99.4 Å². The second-order valence-corrected chi connectivity index (χ2v) is 13.1. The number of hydrogen-bond donors (Lipinski definition) is 4. The number of anilines is 1. The third-order valence-corrected chi connectivity index (χ3v) is 9.54. The molecular weight excluding hydrogens is 619 g/mol. The summed E-state index contributed by atoms with van der Waals surface area (Å²) in [5.41, 5.74) is 7.07. The highest BCUT2D eigenvalue weighted by atomic mass is 19.1. The fourth-order valence-electron chi connectivity index (χ4n) is 6.84. The smallest absolute Gasteiger partial charge is 0.247 e. The van der Waals surface area contributed by atoms with Gasteiger partial charge in [-0.25, -0.2) is 9.37 Å². The molecule has 0 spiro atoms. The Morgan fingerprint density at radius 1 is 1.25 bits per heavy atom. The number of rotatable bonds is 10. The maximum Gasteiger partial charge on any atom is 0.247 e. The number of halogens is 1. The summed E-state index contributed by atoms with van der Waals surface area (Å²) >= 11 is 0. The molecule has 4 heterocycles. The molecule has 48 heavy (non-hydrogen) atoms. The second kappa shape index (κ2) is 13.2. The molecule has 7 rings (SSSR count). The molecule has 0 radical (unpaired) electrons. The lowest BCUT2D eigenvalue weighted by Crippen LogP contribution is -2.49. The van der Waals surface area contributed by atoms with Gasteiger partial charge in [0.25, 0.3) is 0 Å². The summed E-state index contributed by atoms with van der Waals surface area (Å²) in [5.74, 6) is 1.90. The van der Waals surface area contributed by atoms with E-state index < -0.39 is 18.1 Å². The zero-order chi connectivity index (χ0) is 33.4. The van der Waals surface area contributed by atoms with Crippen molar-refractivity contribution in [2.75, 3.05) is 57.4 Å². The highest BCUT2D eigenvalue weighted by Crippen LogP contribution is 2.47. The van der Waals surface area contributed by atoms with Crippen molar-refractivity contribution < 1.29 is 28.9 Å². The number of aromatic nitrogens is 4. The van der Waals surface area contributed by atoms with Gasteiger partial charge in [0.05, 0.1) is 44.2 Å². The van der Waals surface area contributed by atoms with Crippen LogP contribution >= 0.6 is 0 Å². The number of piperidine rings is 1. The lowest BCUT2D eigenvalue weighted by molar-refractivity contribution is -0.128. The van der Waals surface area contributed by atoms with Crippen LogP contribution < -0.4 is 20.7 Å². The van der Waals surface area contributed by atoms with Crippen molar-refractivity contribution >= 4 is 33.8 Å². The number of morpholine rings is 1. The van der Waals surface area contributed by atoms with Crippen LogP contribution in [0.25, 0.3) is 21.9 Å². The number of nitrogens with one attached hydrogen (secondary N) is 1. The van der Waals surface area contributed by atoms with Gasteiger partial charge in [-0.3, -0.25) is 15.4 Å². The Balaban J connectivity index is 1.24. The Kier molecular flexibility index (Phi) is 8.78. The Morgan fingerprint density at radius 2 is 2.06 bits per heavy atom. The molecule has 3 fully saturated rings. The SMILES string of the molecule is C#Cc1c(F)ccc2cc(O)cc(Cn3cnc4c(OCC5(CN6CCOCC6)CC5)nc(N5CCC[C@H](C(=O)NC(N)O)C5)nc43)c12. The maximum atomic E-state index is 14.8. The van der Waals surface area contributed by atoms with Crippen LogP contribution in [-0.2, 0) is 16.1 Å². The molecule has 5 N–H and O–H groups in total. The molecule has 1 amide bonds. The average molecular weight is 659 g/mol. The van der Waals surface area contributed by atoms with Crippen molar-refractivity contribution in [2.24, 2.45) is 17.1 Å². The van der Waals surface area contributed by atoms with Crippen LogP contribution in [0.4, 0.5) is 10.3 Å². The van der Waals surface area contributed by atoms with Crippen LogP contribution in [0.3, 0.4) is 0 Å². The van der Waals surface area contributed by atoms with E-state index >= 15 is 0 Å². The summed E-state index contributed by atoms with van der Waals surface area (Å²) in [6.07, 6.45) is 9.33. The van der Waals surface area contributed by atoms with E-state index in [1.807, 2.05) is 4.90 Å². The Bertz CT molecular complexity index is 1880. The molecule has 2 atom stereocenters. The largest absolute Gasteiger partial charge is 0.508 e. The van der Waals surface area contributed by atoms with Gasteiger partial charge >= 0.3 is 0 Å². The van der Waals surface area contributed by atoms with Gasteiger partial charge in [0.15, 0.2) is 17.5 Å². The van der Waals surface area contributed by atoms with E-state index in [2.05, 4.69) is 21.1 Å². The van der Waals surface area contributed by atoms with Gasteiger partial charge in [-0.05, 0) is 54.8 Å². The van der Waals surface area contributed by atoms with Crippen LogP contribution in [0.5, 0.6) is 11.6 Å². The molecule has 13 nitrogen and oxygen atoms in total. The third-order valence-electron chi connectivity index (χ3n) is 9.54. The van der Waals surface area contributed by atoms with Crippen molar-refractivity contribution in [3.8, 4) is 24.0 Å². The molecular formula is C34H39FN8O5. The number of nitrogens with zero attached hydrogens (tertiary/aromatic N) is 6. The van der Waals surface area contributed by atoms with Crippen LogP contribution in [0, 0.1) is 29.5 Å². The average Bonchev–Trinajstić information content (AvgIpc) is 3.73. The maximum absolute atomic E-state index is 14.8. The number of imidazole rings is 1. The number of terminal acetylenes is 1. The first-order valence-corrected chi connectivity index (χ1v) is 16.3. The normalized spacial score (nSPS) is 20.0. The number of hydrogen-bond acceptors (Lipinski definition) is 11. The number of aliphatic hydroxyl groups excluding tert-OH is 1. The predicted octanol–water partition coefficient (Wildman–Crippen LogP) is 1.91. The number of aromatic hydroxyl groups is 1. The van der Waals surface area contributed by atoms with Gasteiger partial charge in [0, 0.05) is 43.5 Å². The zero-order valence-corrected chi connectivity index (χ0v) is 26.6. The van der Waals surface area contributed by atoms with Gasteiger partial charge in [0.1, 0.15) is 11.6 Å². The molecule has 252 valence electrons. The first-order chi connectivity index (χ1) is 23.2. The van der Waals surface area contributed by atoms with E-state index in [0.717, 1.165) is 45.7 Å². The molecule has 0 bridgehead atoms. The quantitative estimate of drug-likeness (QED) is 0.145. The number of benzene rings is 2. The van der Waals surface area contributed by atoms with Crippen molar-refractivity contribution in [1.29, 1.82) is 0 Å². The standard InChI is InChI=1S/C34H39FN8O5/c1-2-25-26(35)6-5-21-14-24(44)15-23(27(21)25)17-43-20-37-28-29(43)38-33(42-9-3-4-22(16-42)30(45)39-32(36)46)40-31(28)48-19-34(7-8-34)18-41-10-12-47-13-11-41/h1,5-6,14-15,20,22,32,44,46H,3-4,7-13,16-19,36H2,(H,39,45)/t22-,32?/m0/s1. The summed E-state index contributed by atoms with van der Waals surface area (Å²) in [5, 5.41) is 23.6. The lowest BCUT2D eigenvalue weighted by atomic mass is 9.97. The summed E-state index contributed by atoms with van der Waals surface area (Å²) in [6.45, 7) is 5.74. The van der Waals surface area contributed by atoms with Gasteiger partial charge in [-0.1, -0.05) is 12.0 Å². The molecule has 3 aliphatic rings. The highest BCUT2D eigenvalue weighted by Gasteiger charge is 2.45. The molecule has 4 aromatic rings. The van der Waals surface area contributed by atoms with E-state index in [1.165, 1.54) is 6.07 Å². The Labute approximate surface area is 276 Å². The number of amides is 1. The number of fused-ring (bicyclic) bond motifs is 2. The monoisotopic (exact) mass is 658 g/mol. The molecule has 1 aliphatic carbocycles. The fraction of sp³-hybridized carbons (Fsp3) is 0.471. The molecule has 2 saturated heterocycles. The number of phenols is 1. The minimum atomic E-state index is -1.45. The number of phenolic OH excluding ortho intramolecular Hbond substituents is 1. The van der Waals surface area contributed by atoms with Crippen molar-refractivity contribution in [3.63, 3.8) is 0 Å². The summed E-state index contributed by atoms with van der Waals surface area (Å²) in [7, 11) is 0. The van der Waals surface area contributed by atoms with Gasteiger partial charge in [-0.2, -0.15) is 9.97 Å². The van der Waals surface area contributed by atoms with Crippen molar-refractivity contribution in [1.82, 2.24) is 29.7 Å². The second-order valence-electron chi connectivity index (χ2n) is 13.1. The number of nitrogens with two attached hydrogens (primary N) is 1. The van der Waals surface area contributed by atoms with E-state index in [-0.39, 0.29) is 29.2 Å². The summed E-state index contributed by atoms with van der Waals surface area (Å²) in [4.78, 5) is 31.5. The zero-order valence-electron chi connectivity index (χ0n) is 26.6. The first-order valence-electron chi connectivity index (χ1n) is 16.3. The topological polar surface area (TPSA) is 164 Å². The fourth-order valence-corrected chi connectivity index (χ4v) is 6.84. The number of aliphatic hydroxyl groups is 1. The Morgan fingerprint density at radius 3 is 2.81 bits per heavy atom. The van der Waals surface area contributed by atoms with E-state index in [0.29, 0.717) is 71.9 Å². The lowest BCUT2D eigenvalue weighted by Gasteiger charge is -2.32. The minimum Gasteiger partial charge on any atom is -0.508 e. The number of ether oxygens (including phenoxy) is 2. The van der Waals surface area contributed by atoms with Crippen LogP contribution in [0.1, 0.15) is 36.8 Å². The molecule has 14 heteroatoms. The summed E-state index contributed by atoms with van der Waals surface area (Å²) in [6, 6.07) is 6.00. The number of carbonyl (C=O) groups is 1. The summed E-state index contributed by atoms with van der Waals surface area (Å²) < 4.78 is 28.6. The van der Waals surface area contributed by atoms with Gasteiger partial charge < -0.3 is 34.5 Å². The minimum absolute atomic E-state index is 0.0187. The molecule has 1 unspecified atom stereocenters. The first kappa shape index (κ1) is 32.0. The van der Waals surface area contributed by atoms with Crippen LogP contribution in [0.2, 0.25) is 0 Å². The molecule has 2 aromatic carbocycles. The highest BCUT2D eigenvalue weighted by molar-refractivity contribution is 5.92.